The largest absolute Gasteiger partial charge is 0.497 e. The third kappa shape index (κ3) is 2.59. The number of fused-ring (bicyclic) bond motifs is 1. The molecule has 1 aromatic rings. The van der Waals surface area contributed by atoms with Crippen LogP contribution >= 0.6 is 0 Å². The predicted molar refractivity (Wildman–Crippen MR) is 81.5 cm³/mol. The normalized spacial score (nSPS) is 21.9. The van der Waals surface area contributed by atoms with E-state index < -0.39 is 0 Å². The number of aryl methyl sites for hydroxylation is 1. The first-order valence-corrected chi connectivity index (χ1v) is 7.39. The summed E-state index contributed by atoms with van der Waals surface area (Å²) in [6.45, 7) is 3.05. The average Bonchev–Trinajstić information content (AvgIpc) is 2.46. The van der Waals surface area contributed by atoms with E-state index >= 15 is 0 Å². The minimum absolute atomic E-state index is 0.327. The number of methoxy groups -OCH3 is 1. The van der Waals surface area contributed by atoms with E-state index in [1.165, 1.54) is 11.1 Å². The van der Waals surface area contributed by atoms with E-state index in [1.54, 1.807) is 7.11 Å². The molecule has 0 fully saturated rings. The summed E-state index contributed by atoms with van der Waals surface area (Å²) in [6, 6.07) is 6.20. The van der Waals surface area contributed by atoms with E-state index in [2.05, 4.69) is 38.1 Å². The van der Waals surface area contributed by atoms with Crippen molar-refractivity contribution in [3.05, 3.63) is 29.3 Å². The van der Waals surface area contributed by atoms with Crippen molar-refractivity contribution in [3.63, 3.8) is 0 Å². The molecule has 2 rings (SSSR count). The number of Topliss-reactive ketones (excluding diaryl/α,β-unsaturated/α-hetero) is 1. The summed E-state index contributed by atoms with van der Waals surface area (Å²) >= 11 is 0. The highest BCUT2D eigenvalue weighted by atomic mass is 16.5. The van der Waals surface area contributed by atoms with Gasteiger partial charge in [0.15, 0.2) is 0 Å². The Morgan fingerprint density at radius 3 is 2.65 bits per heavy atom. The summed E-state index contributed by atoms with van der Waals surface area (Å²) in [5, 5.41) is 0. The van der Waals surface area contributed by atoms with Crippen molar-refractivity contribution in [2.24, 2.45) is 0 Å². The summed E-state index contributed by atoms with van der Waals surface area (Å²) in [6.07, 6.45) is 3.28. The van der Waals surface area contributed by atoms with Gasteiger partial charge in [-0.15, -0.1) is 0 Å². The molecule has 0 saturated heterocycles. The molecule has 1 aliphatic rings. The SMILES string of the molecule is CCC1(CCN(C)C)C(=O)CCc2ccc(OC)cc21. The molecule has 0 spiro atoms. The maximum absolute atomic E-state index is 12.7. The van der Waals surface area contributed by atoms with E-state index in [-0.39, 0.29) is 5.41 Å². The number of ether oxygens (including phenoxy) is 1. The van der Waals surface area contributed by atoms with Gasteiger partial charge in [-0.3, -0.25) is 4.79 Å². The van der Waals surface area contributed by atoms with Gasteiger partial charge < -0.3 is 9.64 Å². The Labute approximate surface area is 121 Å². The maximum Gasteiger partial charge on any atom is 0.143 e. The zero-order valence-corrected chi connectivity index (χ0v) is 13.0. The van der Waals surface area contributed by atoms with Gasteiger partial charge in [-0.2, -0.15) is 0 Å². The van der Waals surface area contributed by atoms with Gasteiger partial charge >= 0.3 is 0 Å². The Hall–Kier alpha value is -1.35. The number of ketones is 1. The van der Waals surface area contributed by atoms with Gasteiger partial charge in [-0.25, -0.2) is 0 Å². The second-order valence-corrected chi connectivity index (χ2v) is 5.94. The molecule has 0 aliphatic heterocycles. The standard InChI is InChI=1S/C17H25NO2/c1-5-17(10-11-18(2)3)15-12-14(20-4)8-6-13(15)7-9-16(17)19/h6,8,12H,5,7,9-11H2,1-4H3. The lowest BCUT2D eigenvalue weighted by atomic mass is 9.65. The van der Waals surface area contributed by atoms with Crippen LogP contribution in [0, 0.1) is 0 Å². The van der Waals surface area contributed by atoms with Crippen LogP contribution in [0.2, 0.25) is 0 Å². The molecule has 0 amide bonds. The molecule has 0 heterocycles. The molecule has 1 unspecified atom stereocenters. The Balaban J connectivity index is 2.47. The highest BCUT2D eigenvalue weighted by molar-refractivity contribution is 5.92. The van der Waals surface area contributed by atoms with Crippen LogP contribution < -0.4 is 4.74 Å². The Kier molecular flexibility index (Phi) is 4.48. The lowest BCUT2D eigenvalue weighted by molar-refractivity contribution is -0.125. The van der Waals surface area contributed by atoms with E-state index in [1.807, 2.05) is 6.07 Å². The van der Waals surface area contributed by atoms with Crippen molar-refractivity contribution in [2.75, 3.05) is 27.7 Å². The van der Waals surface area contributed by atoms with Crippen molar-refractivity contribution in [1.82, 2.24) is 4.90 Å². The van der Waals surface area contributed by atoms with Gasteiger partial charge in [0.1, 0.15) is 11.5 Å². The van der Waals surface area contributed by atoms with Crippen molar-refractivity contribution >= 4 is 5.78 Å². The first kappa shape index (κ1) is 15.0. The highest BCUT2D eigenvalue weighted by Crippen LogP contribution is 2.41. The van der Waals surface area contributed by atoms with E-state index in [0.29, 0.717) is 12.2 Å². The lowest BCUT2D eigenvalue weighted by Crippen LogP contribution is -2.41. The molecule has 0 N–H and O–H groups in total. The third-order valence-electron chi connectivity index (χ3n) is 4.58. The predicted octanol–water partition coefficient (Wildman–Crippen LogP) is 2.81. The molecule has 1 aromatic carbocycles. The summed E-state index contributed by atoms with van der Waals surface area (Å²) < 4.78 is 5.36. The second kappa shape index (κ2) is 5.96. The summed E-state index contributed by atoms with van der Waals surface area (Å²) in [5.41, 5.74) is 2.18. The first-order chi connectivity index (χ1) is 9.53. The molecule has 0 radical (unpaired) electrons. The van der Waals surface area contributed by atoms with Crippen LogP contribution in [-0.4, -0.2) is 38.4 Å². The van der Waals surface area contributed by atoms with Crippen molar-refractivity contribution in [2.45, 2.75) is 38.0 Å². The second-order valence-electron chi connectivity index (χ2n) is 5.94. The van der Waals surface area contributed by atoms with Gasteiger partial charge in [0.2, 0.25) is 0 Å². The molecule has 3 heteroatoms. The van der Waals surface area contributed by atoms with Crippen LogP contribution in [-0.2, 0) is 16.6 Å². The number of carbonyl (C=O) groups is 1. The summed E-state index contributed by atoms with van der Waals surface area (Å²) in [4.78, 5) is 14.8. The van der Waals surface area contributed by atoms with Crippen molar-refractivity contribution < 1.29 is 9.53 Å². The Morgan fingerprint density at radius 1 is 1.30 bits per heavy atom. The van der Waals surface area contributed by atoms with Crippen LogP contribution in [0.3, 0.4) is 0 Å². The number of rotatable bonds is 5. The summed E-state index contributed by atoms with van der Waals surface area (Å²) in [5.74, 6) is 1.24. The van der Waals surface area contributed by atoms with E-state index in [0.717, 1.165) is 31.6 Å². The molecule has 0 aromatic heterocycles. The summed E-state index contributed by atoms with van der Waals surface area (Å²) in [7, 11) is 5.80. The first-order valence-electron chi connectivity index (χ1n) is 7.39. The number of nitrogens with zero attached hydrogens (tertiary/aromatic N) is 1. The van der Waals surface area contributed by atoms with Crippen molar-refractivity contribution in [3.8, 4) is 5.75 Å². The van der Waals surface area contributed by atoms with Gasteiger partial charge in [0.25, 0.3) is 0 Å². The van der Waals surface area contributed by atoms with Crippen molar-refractivity contribution in [1.29, 1.82) is 0 Å². The highest BCUT2D eigenvalue weighted by Gasteiger charge is 2.41. The van der Waals surface area contributed by atoms with Gasteiger partial charge in [0, 0.05) is 6.42 Å². The fourth-order valence-corrected chi connectivity index (χ4v) is 3.24. The number of hydrogen-bond donors (Lipinski definition) is 0. The topological polar surface area (TPSA) is 29.5 Å². The van der Waals surface area contributed by atoms with Gasteiger partial charge in [0.05, 0.1) is 12.5 Å². The molecule has 110 valence electrons. The minimum atomic E-state index is -0.327. The molecule has 0 saturated carbocycles. The van der Waals surface area contributed by atoms with Crippen LogP contribution in [0.25, 0.3) is 0 Å². The number of benzene rings is 1. The average molecular weight is 275 g/mol. The number of carbonyl (C=O) groups excluding carboxylic acids is 1. The van der Waals surface area contributed by atoms with Crippen LogP contribution in [0.4, 0.5) is 0 Å². The molecule has 1 aliphatic carbocycles. The van der Waals surface area contributed by atoms with Crippen LogP contribution in [0.15, 0.2) is 18.2 Å². The fraction of sp³-hybridized carbons (Fsp3) is 0.588. The monoisotopic (exact) mass is 275 g/mol. The Bertz CT molecular complexity index is 496. The van der Waals surface area contributed by atoms with E-state index in [4.69, 9.17) is 4.74 Å². The molecular weight excluding hydrogens is 250 g/mol. The molecular formula is C17H25NO2. The molecule has 20 heavy (non-hydrogen) atoms. The quantitative estimate of drug-likeness (QED) is 0.827. The number of hydrogen-bond acceptors (Lipinski definition) is 3. The molecule has 3 nitrogen and oxygen atoms in total. The Morgan fingerprint density at radius 2 is 2.05 bits per heavy atom. The molecule has 0 bridgehead atoms. The van der Waals surface area contributed by atoms with Gasteiger partial charge in [-0.05, 0) is 63.2 Å². The smallest absolute Gasteiger partial charge is 0.143 e. The zero-order valence-electron chi connectivity index (χ0n) is 13.0. The van der Waals surface area contributed by atoms with Crippen LogP contribution in [0.5, 0.6) is 5.75 Å². The third-order valence-corrected chi connectivity index (χ3v) is 4.58. The maximum atomic E-state index is 12.7. The van der Waals surface area contributed by atoms with Crippen LogP contribution in [0.1, 0.15) is 37.3 Å². The fourth-order valence-electron chi connectivity index (χ4n) is 3.24. The molecule has 1 atom stereocenters. The zero-order chi connectivity index (χ0) is 14.8. The minimum Gasteiger partial charge on any atom is -0.497 e. The van der Waals surface area contributed by atoms with E-state index in [9.17, 15) is 4.79 Å². The van der Waals surface area contributed by atoms with Gasteiger partial charge in [-0.1, -0.05) is 13.0 Å². The lowest BCUT2D eigenvalue weighted by Gasteiger charge is -2.38.